The van der Waals surface area contributed by atoms with E-state index in [0.717, 1.165) is 28.5 Å². The number of imidazole rings is 1. The zero-order valence-corrected chi connectivity index (χ0v) is 16.1. The molecule has 0 bridgehead atoms. The third-order valence-electron chi connectivity index (χ3n) is 5.40. The minimum atomic E-state index is -4.57. The predicted molar refractivity (Wildman–Crippen MR) is 101 cm³/mol. The highest BCUT2D eigenvalue weighted by molar-refractivity contribution is 5.59. The summed E-state index contributed by atoms with van der Waals surface area (Å²) in [6.45, 7) is 0.359. The van der Waals surface area contributed by atoms with Crippen molar-refractivity contribution in [2.24, 2.45) is 0 Å². The summed E-state index contributed by atoms with van der Waals surface area (Å²) >= 11 is 0. The molecule has 0 saturated heterocycles. The van der Waals surface area contributed by atoms with Crippen LogP contribution in [0.25, 0.3) is 5.52 Å². The van der Waals surface area contributed by atoms with Gasteiger partial charge in [0.05, 0.1) is 34.4 Å². The number of H-pyrrole nitrogens is 1. The van der Waals surface area contributed by atoms with Gasteiger partial charge in [0.1, 0.15) is 11.9 Å². The van der Waals surface area contributed by atoms with Crippen molar-refractivity contribution in [3.63, 3.8) is 0 Å². The Labute approximate surface area is 176 Å². The van der Waals surface area contributed by atoms with Crippen LogP contribution < -0.4 is 4.90 Å². The molecular formula is C20H14F6N6. The van der Waals surface area contributed by atoms with Crippen molar-refractivity contribution in [2.45, 2.75) is 24.8 Å². The normalized spacial score (nSPS) is 17.1. The molecule has 0 saturated carbocycles. The summed E-state index contributed by atoms with van der Waals surface area (Å²) in [5.74, 6) is 0.241. The average molecular weight is 452 g/mol. The van der Waals surface area contributed by atoms with Crippen LogP contribution in [0.2, 0.25) is 0 Å². The van der Waals surface area contributed by atoms with Gasteiger partial charge in [-0.1, -0.05) is 0 Å². The van der Waals surface area contributed by atoms with Crippen molar-refractivity contribution >= 4 is 11.3 Å². The topological polar surface area (TPSA) is 62.1 Å². The van der Waals surface area contributed by atoms with Gasteiger partial charge < -0.3 is 9.88 Å². The van der Waals surface area contributed by atoms with Gasteiger partial charge in [0.2, 0.25) is 0 Å². The van der Waals surface area contributed by atoms with Gasteiger partial charge in [-0.25, -0.2) is 14.5 Å². The van der Waals surface area contributed by atoms with E-state index in [9.17, 15) is 26.3 Å². The molecule has 0 amide bonds. The highest BCUT2D eigenvalue weighted by Gasteiger charge is 2.37. The molecule has 4 aromatic heterocycles. The van der Waals surface area contributed by atoms with Gasteiger partial charge >= 0.3 is 12.4 Å². The number of rotatable bonds is 2. The van der Waals surface area contributed by atoms with E-state index in [-0.39, 0.29) is 17.0 Å². The van der Waals surface area contributed by atoms with Crippen LogP contribution in [0.5, 0.6) is 0 Å². The second-order valence-electron chi connectivity index (χ2n) is 7.33. The largest absolute Gasteiger partial charge is 0.418 e. The monoisotopic (exact) mass is 452 g/mol. The van der Waals surface area contributed by atoms with Gasteiger partial charge in [-0.3, -0.25) is 0 Å². The molecule has 0 aromatic carbocycles. The molecule has 0 aliphatic carbocycles. The second-order valence-corrected chi connectivity index (χ2v) is 7.33. The second kappa shape index (κ2) is 6.97. The van der Waals surface area contributed by atoms with E-state index in [2.05, 4.69) is 20.1 Å². The Morgan fingerprint density at radius 3 is 2.50 bits per heavy atom. The van der Waals surface area contributed by atoms with E-state index in [1.54, 1.807) is 4.90 Å². The molecule has 32 heavy (non-hydrogen) atoms. The lowest BCUT2D eigenvalue weighted by Crippen LogP contribution is -2.37. The molecule has 12 heteroatoms. The van der Waals surface area contributed by atoms with Crippen LogP contribution in [0.4, 0.5) is 32.2 Å². The maximum absolute atomic E-state index is 13.5. The first-order chi connectivity index (χ1) is 15.1. The molecule has 1 aliphatic rings. The fourth-order valence-electron chi connectivity index (χ4n) is 3.95. The third kappa shape index (κ3) is 3.35. The maximum atomic E-state index is 13.5. The Kier molecular flexibility index (Phi) is 4.43. The fraction of sp³-hybridized carbons (Fsp3) is 0.250. The van der Waals surface area contributed by atoms with Crippen molar-refractivity contribution in [1.29, 1.82) is 0 Å². The van der Waals surface area contributed by atoms with Gasteiger partial charge in [0, 0.05) is 31.1 Å². The third-order valence-corrected chi connectivity index (χ3v) is 5.40. The number of hydrogen-bond acceptors (Lipinski definition) is 4. The summed E-state index contributed by atoms with van der Waals surface area (Å²) in [6, 6.07) is 4.98. The smallest absolute Gasteiger partial charge is 0.348 e. The van der Waals surface area contributed by atoms with Gasteiger partial charge in [-0.2, -0.15) is 31.4 Å². The molecule has 0 radical (unpaired) electrons. The molecule has 1 aliphatic heterocycles. The summed E-state index contributed by atoms with van der Waals surface area (Å²) in [7, 11) is 0. The first-order valence-corrected chi connectivity index (χ1v) is 9.50. The maximum Gasteiger partial charge on any atom is 0.418 e. The van der Waals surface area contributed by atoms with Crippen LogP contribution in [-0.4, -0.2) is 31.1 Å². The zero-order chi connectivity index (χ0) is 22.7. The van der Waals surface area contributed by atoms with Crippen LogP contribution in [0.15, 0.2) is 49.1 Å². The summed E-state index contributed by atoms with van der Waals surface area (Å²) < 4.78 is 80.3. The number of nitrogens with zero attached hydrogens (tertiary/aromatic N) is 5. The molecule has 0 unspecified atom stereocenters. The Morgan fingerprint density at radius 2 is 1.81 bits per heavy atom. The molecule has 166 valence electrons. The summed E-state index contributed by atoms with van der Waals surface area (Å²) in [4.78, 5) is 13.0. The van der Waals surface area contributed by atoms with Gasteiger partial charge in [0.25, 0.3) is 0 Å². The molecule has 6 nitrogen and oxygen atoms in total. The number of pyridine rings is 2. The number of aromatic amines is 1. The number of halogens is 6. The van der Waals surface area contributed by atoms with E-state index in [0.29, 0.717) is 18.7 Å². The van der Waals surface area contributed by atoms with E-state index >= 15 is 0 Å². The van der Waals surface area contributed by atoms with Crippen molar-refractivity contribution in [3.8, 4) is 0 Å². The average Bonchev–Trinajstić information content (AvgIpc) is 3.38. The van der Waals surface area contributed by atoms with E-state index in [4.69, 9.17) is 0 Å². The van der Waals surface area contributed by atoms with Crippen LogP contribution in [0.1, 0.15) is 34.3 Å². The van der Waals surface area contributed by atoms with Crippen LogP contribution in [-0.2, 0) is 18.8 Å². The number of nitrogens with one attached hydrogen (secondary N) is 1. The number of fused-ring (bicyclic) bond motifs is 2. The minimum Gasteiger partial charge on any atom is -0.348 e. The summed E-state index contributed by atoms with van der Waals surface area (Å²) in [5, 5.41) is 4.33. The Morgan fingerprint density at radius 1 is 1.00 bits per heavy atom. The van der Waals surface area contributed by atoms with Gasteiger partial charge in [-0.15, -0.1) is 0 Å². The Hall–Kier alpha value is -3.57. The predicted octanol–water partition coefficient (Wildman–Crippen LogP) is 4.64. The number of hydrogen-bond donors (Lipinski definition) is 1. The standard InChI is InChI=1S/C20H14F6N6/c21-19(22,23)11-3-4-16(27-9-11)31-7-5-13-17(29-10-28-13)18(31)14-8-15-12(20(24,25)26)2-1-6-32(15)30-14/h1-4,6,8-10,18H,5,7H2,(H,28,29)/t18-/m1/s1. The zero-order valence-electron chi connectivity index (χ0n) is 16.1. The Balaban J connectivity index is 1.63. The van der Waals surface area contributed by atoms with Crippen LogP contribution in [0, 0.1) is 0 Å². The van der Waals surface area contributed by atoms with Crippen molar-refractivity contribution in [1.82, 2.24) is 24.6 Å². The lowest BCUT2D eigenvalue weighted by molar-refractivity contribution is -0.138. The number of aromatic nitrogens is 5. The van der Waals surface area contributed by atoms with Crippen LogP contribution in [0.3, 0.4) is 0 Å². The van der Waals surface area contributed by atoms with E-state index < -0.39 is 29.5 Å². The first kappa shape index (κ1) is 20.3. The van der Waals surface area contributed by atoms with Crippen LogP contribution >= 0.6 is 0 Å². The molecule has 5 rings (SSSR count). The molecule has 0 fully saturated rings. The molecule has 1 N–H and O–H groups in total. The first-order valence-electron chi connectivity index (χ1n) is 9.50. The molecular weight excluding hydrogens is 438 g/mol. The fourth-order valence-corrected chi connectivity index (χ4v) is 3.95. The SMILES string of the molecule is FC(F)(F)c1ccc(N2CCc3[nH]cnc3[C@H]2c2cc3c(C(F)(F)F)cccn3n2)nc1. The molecule has 5 heterocycles. The van der Waals surface area contributed by atoms with Crippen molar-refractivity contribution < 1.29 is 26.3 Å². The number of anilines is 1. The lowest BCUT2D eigenvalue weighted by atomic mass is 9.99. The summed E-state index contributed by atoms with van der Waals surface area (Å²) in [6.07, 6.45) is -4.98. The van der Waals surface area contributed by atoms with Crippen molar-refractivity contribution in [2.75, 3.05) is 11.4 Å². The molecule has 0 spiro atoms. The highest BCUT2D eigenvalue weighted by atomic mass is 19.4. The minimum absolute atomic E-state index is 0.127. The quantitative estimate of drug-likeness (QED) is 0.450. The molecule has 4 aromatic rings. The highest BCUT2D eigenvalue weighted by Crippen LogP contribution is 2.39. The number of alkyl halides is 6. The van der Waals surface area contributed by atoms with Crippen molar-refractivity contribution in [3.05, 3.63) is 77.3 Å². The Bertz CT molecular complexity index is 1270. The van der Waals surface area contributed by atoms with E-state index in [1.165, 1.54) is 30.7 Å². The van der Waals surface area contributed by atoms with Gasteiger partial charge in [0.15, 0.2) is 0 Å². The summed E-state index contributed by atoms with van der Waals surface area (Å²) in [5.41, 5.74) is -0.260. The van der Waals surface area contributed by atoms with E-state index in [1.807, 2.05) is 0 Å². The lowest BCUT2D eigenvalue weighted by Gasteiger charge is -2.35. The van der Waals surface area contributed by atoms with Gasteiger partial charge in [-0.05, 0) is 30.3 Å². The molecule has 1 atom stereocenters.